The summed E-state index contributed by atoms with van der Waals surface area (Å²) in [6, 6.07) is 9.01. The molecule has 100 valence electrons. The van der Waals surface area contributed by atoms with Crippen molar-refractivity contribution in [2.24, 2.45) is 0 Å². The summed E-state index contributed by atoms with van der Waals surface area (Å²) in [5.74, 6) is -0.0660. The van der Waals surface area contributed by atoms with Crippen LogP contribution in [0.4, 0.5) is 0 Å². The molecule has 0 aliphatic heterocycles. The zero-order valence-corrected chi connectivity index (χ0v) is 12.0. The van der Waals surface area contributed by atoms with Crippen LogP contribution in [-0.2, 0) is 15.8 Å². The van der Waals surface area contributed by atoms with E-state index in [0.29, 0.717) is 6.54 Å². The maximum Gasteiger partial charge on any atom is 0.238 e. The van der Waals surface area contributed by atoms with Gasteiger partial charge in [0.05, 0.1) is 5.75 Å². The van der Waals surface area contributed by atoms with Gasteiger partial charge in [-0.15, -0.1) is 0 Å². The molecule has 0 radical (unpaired) electrons. The third kappa shape index (κ3) is 5.97. The minimum absolute atomic E-state index is 0.0660. The average Bonchev–Trinajstić information content (AvgIpc) is 2.29. The van der Waals surface area contributed by atoms with Crippen LogP contribution in [0.25, 0.3) is 0 Å². The predicted molar refractivity (Wildman–Crippen MR) is 77.7 cm³/mol. The molecule has 2 N–H and O–H groups in total. The fourth-order valence-electron chi connectivity index (χ4n) is 1.39. The number of rotatable bonds is 6. The number of benzene rings is 1. The van der Waals surface area contributed by atoms with Crippen LogP contribution >= 0.6 is 12.2 Å². The van der Waals surface area contributed by atoms with Crippen molar-refractivity contribution >= 4 is 27.4 Å². The lowest BCUT2D eigenvalue weighted by atomic mass is 10.2. The Morgan fingerprint density at radius 2 is 1.94 bits per heavy atom. The molecule has 0 aromatic heterocycles. The zero-order chi connectivity index (χ0) is 13.4. The quantitative estimate of drug-likeness (QED) is 0.618. The number of unbranched alkanes of at least 4 members (excludes halogenated alkanes) is 1. The smallest absolute Gasteiger partial charge is 0.238 e. The molecule has 4 nitrogen and oxygen atoms in total. The van der Waals surface area contributed by atoms with Crippen molar-refractivity contribution in [1.29, 1.82) is 0 Å². The first-order valence-electron chi connectivity index (χ1n) is 5.86. The van der Waals surface area contributed by atoms with Crippen LogP contribution in [0.15, 0.2) is 30.3 Å². The van der Waals surface area contributed by atoms with Crippen LogP contribution in [-0.4, -0.2) is 20.1 Å². The molecule has 18 heavy (non-hydrogen) atoms. The molecular weight excluding hydrogens is 268 g/mol. The molecule has 6 heteroatoms. The summed E-state index contributed by atoms with van der Waals surface area (Å²) in [4.78, 5) is 0. The van der Waals surface area contributed by atoms with Crippen LogP contribution < -0.4 is 10.0 Å². The summed E-state index contributed by atoms with van der Waals surface area (Å²) < 4.78 is 26.0. The zero-order valence-electron chi connectivity index (χ0n) is 10.3. The first-order valence-corrected chi connectivity index (χ1v) is 7.92. The van der Waals surface area contributed by atoms with Gasteiger partial charge in [-0.25, -0.2) is 8.42 Å². The molecule has 1 aromatic rings. The van der Waals surface area contributed by atoms with E-state index in [0.717, 1.165) is 18.4 Å². The van der Waals surface area contributed by atoms with E-state index in [1.54, 1.807) is 12.1 Å². The third-order valence-electron chi connectivity index (χ3n) is 2.26. The van der Waals surface area contributed by atoms with E-state index in [4.69, 9.17) is 12.2 Å². The monoisotopic (exact) mass is 286 g/mol. The van der Waals surface area contributed by atoms with Gasteiger partial charge in [0.2, 0.25) is 10.0 Å². The summed E-state index contributed by atoms with van der Waals surface area (Å²) in [7, 11) is -3.42. The van der Waals surface area contributed by atoms with Crippen molar-refractivity contribution in [2.75, 3.05) is 6.54 Å². The topological polar surface area (TPSA) is 58.2 Å². The van der Waals surface area contributed by atoms with E-state index in [-0.39, 0.29) is 10.9 Å². The van der Waals surface area contributed by atoms with Crippen molar-refractivity contribution in [3.8, 4) is 0 Å². The van der Waals surface area contributed by atoms with E-state index in [9.17, 15) is 8.42 Å². The van der Waals surface area contributed by atoms with Gasteiger partial charge >= 0.3 is 0 Å². The maximum atomic E-state index is 11.8. The number of sulfonamides is 1. The fourth-order valence-corrected chi connectivity index (χ4v) is 2.93. The van der Waals surface area contributed by atoms with E-state index in [1.165, 1.54) is 0 Å². The molecule has 0 fully saturated rings. The molecule has 0 bridgehead atoms. The Labute approximate surface area is 114 Å². The lowest BCUT2D eigenvalue weighted by Gasteiger charge is -2.10. The number of hydrogen-bond donors (Lipinski definition) is 2. The van der Waals surface area contributed by atoms with Gasteiger partial charge in [0, 0.05) is 6.54 Å². The Morgan fingerprint density at radius 1 is 1.28 bits per heavy atom. The highest BCUT2D eigenvalue weighted by molar-refractivity contribution is 7.91. The first kappa shape index (κ1) is 14.9. The summed E-state index contributed by atoms with van der Waals surface area (Å²) in [6.45, 7) is 2.74. The van der Waals surface area contributed by atoms with Crippen molar-refractivity contribution in [3.63, 3.8) is 0 Å². The summed E-state index contributed by atoms with van der Waals surface area (Å²) in [5, 5.41) is 3.03. The van der Waals surface area contributed by atoms with Gasteiger partial charge in [0.15, 0.2) is 5.11 Å². The predicted octanol–water partition coefficient (Wildman–Crippen LogP) is 1.78. The molecule has 0 heterocycles. The highest BCUT2D eigenvalue weighted by Crippen LogP contribution is 2.03. The molecule has 0 atom stereocenters. The lowest BCUT2D eigenvalue weighted by Crippen LogP contribution is -2.40. The second kappa shape index (κ2) is 7.33. The second-order valence-electron chi connectivity index (χ2n) is 3.96. The molecule has 1 aromatic carbocycles. The maximum absolute atomic E-state index is 11.8. The Hall–Kier alpha value is -1.14. The van der Waals surface area contributed by atoms with Crippen LogP contribution in [0, 0.1) is 0 Å². The van der Waals surface area contributed by atoms with Crippen molar-refractivity contribution < 1.29 is 8.42 Å². The van der Waals surface area contributed by atoms with Gasteiger partial charge in [-0.2, -0.15) is 0 Å². The summed E-state index contributed by atoms with van der Waals surface area (Å²) in [6.07, 6.45) is 1.99. The molecule has 0 aliphatic rings. The Balaban J connectivity index is 2.47. The van der Waals surface area contributed by atoms with E-state index in [2.05, 4.69) is 17.0 Å². The molecule has 0 amide bonds. The summed E-state index contributed by atoms with van der Waals surface area (Å²) in [5.41, 5.74) is 0.737. The van der Waals surface area contributed by atoms with E-state index < -0.39 is 10.0 Å². The van der Waals surface area contributed by atoms with Gasteiger partial charge < -0.3 is 5.32 Å². The van der Waals surface area contributed by atoms with Gasteiger partial charge in [-0.3, -0.25) is 4.72 Å². The minimum Gasteiger partial charge on any atom is -0.362 e. The first-order chi connectivity index (χ1) is 8.53. The fraction of sp³-hybridized carbons (Fsp3) is 0.417. The van der Waals surface area contributed by atoms with Crippen molar-refractivity contribution in [3.05, 3.63) is 35.9 Å². The molecule has 0 saturated carbocycles. The van der Waals surface area contributed by atoms with Gasteiger partial charge in [0.25, 0.3) is 0 Å². The third-order valence-corrected chi connectivity index (χ3v) is 3.87. The van der Waals surface area contributed by atoms with Gasteiger partial charge in [-0.05, 0) is 24.2 Å². The Morgan fingerprint density at radius 3 is 2.56 bits per heavy atom. The number of hydrogen-bond acceptors (Lipinski definition) is 3. The van der Waals surface area contributed by atoms with Crippen molar-refractivity contribution in [2.45, 2.75) is 25.5 Å². The SMILES string of the molecule is CCCCNC(=S)NS(=O)(=O)Cc1ccccc1. The van der Waals surface area contributed by atoms with Gasteiger partial charge in [0.1, 0.15) is 0 Å². The highest BCUT2D eigenvalue weighted by atomic mass is 32.2. The van der Waals surface area contributed by atoms with E-state index >= 15 is 0 Å². The molecular formula is C12H18N2O2S2. The van der Waals surface area contributed by atoms with Crippen LogP contribution in [0.2, 0.25) is 0 Å². The standard InChI is InChI=1S/C12H18N2O2S2/c1-2-3-9-13-12(17)14-18(15,16)10-11-7-5-4-6-8-11/h4-8H,2-3,9-10H2,1H3,(H2,13,14,17). The largest absolute Gasteiger partial charge is 0.362 e. The second-order valence-corrected chi connectivity index (χ2v) is 6.09. The number of thiocarbonyl (C=S) groups is 1. The lowest BCUT2D eigenvalue weighted by molar-refractivity contribution is 0.591. The highest BCUT2D eigenvalue weighted by Gasteiger charge is 2.12. The average molecular weight is 286 g/mol. The molecule has 0 aliphatic carbocycles. The van der Waals surface area contributed by atoms with Crippen LogP contribution in [0.5, 0.6) is 0 Å². The molecule has 0 unspecified atom stereocenters. The minimum atomic E-state index is -3.42. The Bertz CT molecular complexity index is 472. The van der Waals surface area contributed by atoms with E-state index in [1.807, 2.05) is 18.2 Å². The van der Waals surface area contributed by atoms with Crippen molar-refractivity contribution in [1.82, 2.24) is 10.0 Å². The molecule has 1 rings (SSSR count). The van der Waals surface area contributed by atoms with Crippen LogP contribution in [0.3, 0.4) is 0 Å². The van der Waals surface area contributed by atoms with Crippen LogP contribution in [0.1, 0.15) is 25.3 Å². The summed E-state index contributed by atoms with van der Waals surface area (Å²) >= 11 is 4.93. The Kier molecular flexibility index (Phi) is 6.07. The normalized spacial score (nSPS) is 10.9. The van der Waals surface area contributed by atoms with Gasteiger partial charge in [-0.1, -0.05) is 43.7 Å². The number of nitrogens with one attached hydrogen (secondary N) is 2. The molecule has 0 saturated heterocycles. The molecule has 0 spiro atoms.